The van der Waals surface area contributed by atoms with E-state index < -0.39 is 0 Å². The molecular weight excluding hydrogens is 312 g/mol. The number of nitrogens with one attached hydrogen (secondary N) is 1. The van der Waals surface area contributed by atoms with E-state index in [0.29, 0.717) is 19.4 Å². The molecule has 2 aromatic carbocycles. The topological polar surface area (TPSA) is 49.4 Å². The summed E-state index contributed by atoms with van der Waals surface area (Å²) in [5.74, 6) is 0.304. The van der Waals surface area contributed by atoms with Crippen molar-refractivity contribution in [1.82, 2.24) is 10.2 Å². The SMILES string of the molecule is O=C(Cc1cccc2ccccc12)NCCCN1CCCCCC1=O. The van der Waals surface area contributed by atoms with Crippen molar-refractivity contribution >= 4 is 22.6 Å². The minimum atomic E-state index is 0.0403. The van der Waals surface area contributed by atoms with Gasteiger partial charge in [0.1, 0.15) is 0 Å². The number of likely N-dealkylation sites (tertiary alicyclic amines) is 1. The molecule has 25 heavy (non-hydrogen) atoms. The third-order valence-electron chi connectivity index (χ3n) is 4.83. The Morgan fingerprint density at radius 2 is 1.88 bits per heavy atom. The summed E-state index contributed by atoms with van der Waals surface area (Å²) >= 11 is 0. The van der Waals surface area contributed by atoms with Crippen LogP contribution in [0.5, 0.6) is 0 Å². The van der Waals surface area contributed by atoms with Gasteiger partial charge in [-0.05, 0) is 35.6 Å². The van der Waals surface area contributed by atoms with E-state index >= 15 is 0 Å². The molecule has 2 amide bonds. The van der Waals surface area contributed by atoms with Crippen molar-refractivity contribution in [3.05, 3.63) is 48.0 Å². The molecule has 3 rings (SSSR count). The van der Waals surface area contributed by atoms with E-state index in [1.54, 1.807) is 0 Å². The van der Waals surface area contributed by atoms with Gasteiger partial charge in [-0.25, -0.2) is 0 Å². The average Bonchev–Trinajstić information content (AvgIpc) is 2.83. The molecule has 0 radical (unpaired) electrons. The minimum absolute atomic E-state index is 0.0403. The van der Waals surface area contributed by atoms with Crippen LogP contribution in [0.3, 0.4) is 0 Å². The Hall–Kier alpha value is -2.36. The molecule has 0 aromatic heterocycles. The lowest BCUT2D eigenvalue weighted by atomic mass is 10.0. The zero-order valence-corrected chi connectivity index (χ0v) is 14.7. The highest BCUT2D eigenvalue weighted by atomic mass is 16.2. The molecule has 0 saturated carbocycles. The average molecular weight is 338 g/mol. The van der Waals surface area contributed by atoms with Crippen LogP contribution in [-0.4, -0.2) is 36.3 Å². The Bertz CT molecular complexity index is 736. The van der Waals surface area contributed by atoms with Gasteiger partial charge in [-0.1, -0.05) is 48.9 Å². The van der Waals surface area contributed by atoms with Gasteiger partial charge in [0, 0.05) is 26.1 Å². The summed E-state index contributed by atoms with van der Waals surface area (Å²) in [6, 6.07) is 14.2. The van der Waals surface area contributed by atoms with Gasteiger partial charge in [0.2, 0.25) is 11.8 Å². The van der Waals surface area contributed by atoms with Gasteiger partial charge < -0.3 is 10.2 Å². The van der Waals surface area contributed by atoms with Crippen molar-refractivity contribution in [2.24, 2.45) is 0 Å². The first-order valence-electron chi connectivity index (χ1n) is 9.25. The van der Waals surface area contributed by atoms with Crippen molar-refractivity contribution < 1.29 is 9.59 Å². The largest absolute Gasteiger partial charge is 0.356 e. The summed E-state index contributed by atoms with van der Waals surface area (Å²) in [7, 11) is 0. The van der Waals surface area contributed by atoms with E-state index in [9.17, 15) is 9.59 Å². The predicted octanol–water partition coefficient (Wildman–Crippen LogP) is 3.29. The van der Waals surface area contributed by atoms with Gasteiger partial charge in [-0.3, -0.25) is 9.59 Å². The zero-order valence-electron chi connectivity index (χ0n) is 14.7. The predicted molar refractivity (Wildman–Crippen MR) is 100 cm³/mol. The molecule has 132 valence electrons. The maximum absolute atomic E-state index is 12.2. The van der Waals surface area contributed by atoms with Gasteiger partial charge in [0.05, 0.1) is 6.42 Å². The number of nitrogens with zero attached hydrogens (tertiary/aromatic N) is 1. The lowest BCUT2D eigenvalue weighted by molar-refractivity contribution is -0.130. The fourth-order valence-electron chi connectivity index (χ4n) is 3.45. The van der Waals surface area contributed by atoms with E-state index in [4.69, 9.17) is 0 Å². The molecule has 1 heterocycles. The Balaban J connectivity index is 1.46. The van der Waals surface area contributed by atoms with Crippen LogP contribution < -0.4 is 5.32 Å². The molecule has 0 bridgehead atoms. The van der Waals surface area contributed by atoms with Gasteiger partial charge in [0.15, 0.2) is 0 Å². The van der Waals surface area contributed by atoms with Crippen molar-refractivity contribution in [2.75, 3.05) is 19.6 Å². The molecule has 1 saturated heterocycles. The number of benzene rings is 2. The Labute approximate surface area is 149 Å². The molecule has 0 unspecified atom stereocenters. The fraction of sp³-hybridized carbons (Fsp3) is 0.429. The van der Waals surface area contributed by atoms with E-state index in [0.717, 1.165) is 55.1 Å². The number of rotatable bonds is 6. The number of carbonyl (C=O) groups is 2. The van der Waals surface area contributed by atoms with Gasteiger partial charge in [-0.2, -0.15) is 0 Å². The standard InChI is InChI=1S/C21H26N2O2/c24-20(16-18-10-6-9-17-8-3-4-11-19(17)18)22-13-7-15-23-14-5-1-2-12-21(23)25/h3-4,6,8-11H,1-2,5,7,12-16H2,(H,22,24). The molecule has 0 atom stereocenters. The normalized spacial score (nSPS) is 15.2. The molecule has 4 nitrogen and oxygen atoms in total. The van der Waals surface area contributed by atoms with Crippen LogP contribution in [0.4, 0.5) is 0 Å². The Kier molecular flexibility index (Phi) is 6.04. The highest BCUT2D eigenvalue weighted by molar-refractivity contribution is 5.90. The maximum atomic E-state index is 12.2. The summed E-state index contributed by atoms with van der Waals surface area (Å²) in [6.45, 7) is 2.23. The molecule has 1 aliphatic rings. The van der Waals surface area contributed by atoms with Crippen molar-refractivity contribution in [3.63, 3.8) is 0 Å². The summed E-state index contributed by atoms with van der Waals surface area (Å²) in [6.07, 6.45) is 5.13. The van der Waals surface area contributed by atoms with E-state index in [1.807, 2.05) is 29.2 Å². The van der Waals surface area contributed by atoms with Crippen molar-refractivity contribution in [3.8, 4) is 0 Å². The summed E-state index contributed by atoms with van der Waals surface area (Å²) in [5, 5.41) is 5.28. The van der Waals surface area contributed by atoms with Crippen LogP contribution in [-0.2, 0) is 16.0 Å². The molecule has 2 aromatic rings. The van der Waals surface area contributed by atoms with Gasteiger partial charge in [-0.15, -0.1) is 0 Å². The number of amides is 2. The second-order valence-electron chi connectivity index (χ2n) is 6.71. The lowest BCUT2D eigenvalue weighted by Gasteiger charge is -2.20. The molecule has 1 N–H and O–H groups in total. The third kappa shape index (κ3) is 4.81. The van der Waals surface area contributed by atoms with E-state index in [2.05, 4.69) is 23.5 Å². The number of fused-ring (bicyclic) bond motifs is 1. The maximum Gasteiger partial charge on any atom is 0.224 e. The van der Waals surface area contributed by atoms with Gasteiger partial charge in [0.25, 0.3) is 0 Å². The zero-order chi connectivity index (χ0) is 17.5. The summed E-state index contributed by atoms with van der Waals surface area (Å²) < 4.78 is 0. The number of hydrogen-bond acceptors (Lipinski definition) is 2. The minimum Gasteiger partial charge on any atom is -0.356 e. The lowest BCUT2D eigenvalue weighted by Crippen LogP contribution is -2.34. The molecule has 4 heteroatoms. The second-order valence-corrected chi connectivity index (χ2v) is 6.71. The second kappa shape index (κ2) is 8.65. The summed E-state index contributed by atoms with van der Waals surface area (Å²) in [4.78, 5) is 26.1. The Morgan fingerprint density at radius 1 is 1.04 bits per heavy atom. The van der Waals surface area contributed by atoms with Crippen LogP contribution in [0.1, 0.15) is 37.7 Å². The number of carbonyl (C=O) groups excluding carboxylic acids is 2. The molecule has 1 aliphatic heterocycles. The van der Waals surface area contributed by atoms with Crippen LogP contribution in [0.2, 0.25) is 0 Å². The van der Waals surface area contributed by atoms with Crippen molar-refractivity contribution in [2.45, 2.75) is 38.5 Å². The molecule has 0 spiro atoms. The smallest absolute Gasteiger partial charge is 0.224 e. The van der Waals surface area contributed by atoms with Crippen LogP contribution in [0.25, 0.3) is 10.8 Å². The first-order chi connectivity index (χ1) is 12.2. The summed E-state index contributed by atoms with van der Waals surface area (Å²) in [5.41, 5.74) is 1.05. The van der Waals surface area contributed by atoms with Crippen LogP contribution >= 0.6 is 0 Å². The first-order valence-corrected chi connectivity index (χ1v) is 9.25. The third-order valence-corrected chi connectivity index (χ3v) is 4.83. The first kappa shape index (κ1) is 17.5. The van der Waals surface area contributed by atoms with Gasteiger partial charge >= 0.3 is 0 Å². The van der Waals surface area contributed by atoms with Crippen molar-refractivity contribution in [1.29, 1.82) is 0 Å². The Morgan fingerprint density at radius 3 is 2.80 bits per heavy atom. The number of hydrogen-bond donors (Lipinski definition) is 1. The monoisotopic (exact) mass is 338 g/mol. The quantitative estimate of drug-likeness (QED) is 0.822. The van der Waals surface area contributed by atoms with E-state index in [1.165, 1.54) is 0 Å². The van der Waals surface area contributed by atoms with E-state index in [-0.39, 0.29) is 11.8 Å². The highest BCUT2D eigenvalue weighted by Crippen LogP contribution is 2.18. The molecule has 1 fully saturated rings. The highest BCUT2D eigenvalue weighted by Gasteiger charge is 2.15. The van der Waals surface area contributed by atoms with Crippen LogP contribution in [0.15, 0.2) is 42.5 Å². The van der Waals surface area contributed by atoms with Crippen LogP contribution in [0, 0.1) is 0 Å². The molecular formula is C21H26N2O2. The molecule has 0 aliphatic carbocycles. The fourth-order valence-corrected chi connectivity index (χ4v) is 3.45.